The van der Waals surface area contributed by atoms with Gasteiger partial charge in [-0.15, -0.1) is 13.2 Å². The second kappa shape index (κ2) is 5.59. The van der Waals surface area contributed by atoms with E-state index in [1.165, 1.54) is 4.90 Å². The highest BCUT2D eigenvalue weighted by atomic mass is 19.4. The van der Waals surface area contributed by atoms with Gasteiger partial charge in [-0.25, -0.2) is 0 Å². The van der Waals surface area contributed by atoms with Crippen LogP contribution in [-0.2, 0) is 14.3 Å². The molecular formula is C12H17F3N2O3. The average molecular weight is 294 g/mol. The Morgan fingerprint density at radius 2 is 2.00 bits per heavy atom. The fourth-order valence-electron chi connectivity index (χ4n) is 2.46. The molecule has 2 aliphatic rings. The summed E-state index contributed by atoms with van der Waals surface area (Å²) in [4.78, 5) is 25.4. The van der Waals surface area contributed by atoms with E-state index >= 15 is 0 Å². The molecule has 1 aliphatic heterocycles. The molecule has 1 saturated carbocycles. The lowest BCUT2D eigenvalue weighted by Gasteiger charge is -2.39. The van der Waals surface area contributed by atoms with E-state index in [0.717, 1.165) is 12.8 Å². The summed E-state index contributed by atoms with van der Waals surface area (Å²) in [5, 5.41) is 2.63. The van der Waals surface area contributed by atoms with E-state index in [0.29, 0.717) is 6.42 Å². The van der Waals surface area contributed by atoms with Crippen LogP contribution in [0.4, 0.5) is 13.2 Å². The summed E-state index contributed by atoms with van der Waals surface area (Å²) in [5.74, 6) is -0.539. The van der Waals surface area contributed by atoms with Crippen molar-refractivity contribution in [3.05, 3.63) is 0 Å². The van der Waals surface area contributed by atoms with Gasteiger partial charge in [0.15, 0.2) is 0 Å². The molecule has 5 nitrogen and oxygen atoms in total. The largest absolute Gasteiger partial charge is 0.522 e. The van der Waals surface area contributed by atoms with Crippen LogP contribution in [0.5, 0.6) is 0 Å². The summed E-state index contributed by atoms with van der Waals surface area (Å²) in [7, 11) is 0. The third-order valence-electron chi connectivity index (χ3n) is 3.58. The van der Waals surface area contributed by atoms with E-state index in [4.69, 9.17) is 0 Å². The summed E-state index contributed by atoms with van der Waals surface area (Å²) in [6.07, 6.45) is -2.67. The Labute approximate surface area is 114 Å². The number of alkyl halides is 3. The molecule has 0 aromatic rings. The molecule has 1 saturated heterocycles. The Morgan fingerprint density at radius 1 is 1.35 bits per heavy atom. The Balaban J connectivity index is 2.03. The van der Waals surface area contributed by atoms with Crippen LogP contribution in [0, 0.1) is 5.92 Å². The van der Waals surface area contributed by atoms with E-state index in [-0.39, 0.29) is 24.3 Å². The van der Waals surface area contributed by atoms with Crippen molar-refractivity contribution in [1.29, 1.82) is 0 Å². The predicted octanol–water partition coefficient (Wildman–Crippen LogP) is 1.04. The number of ether oxygens (including phenoxy) is 1. The average Bonchev–Trinajstić information content (AvgIpc) is 3.15. The molecule has 2 unspecified atom stereocenters. The summed E-state index contributed by atoms with van der Waals surface area (Å²) < 4.78 is 39.7. The molecule has 1 N–H and O–H groups in total. The molecule has 2 rings (SSSR count). The zero-order valence-corrected chi connectivity index (χ0v) is 11.1. The van der Waals surface area contributed by atoms with Gasteiger partial charge < -0.3 is 10.2 Å². The van der Waals surface area contributed by atoms with Crippen molar-refractivity contribution in [2.24, 2.45) is 5.92 Å². The lowest BCUT2D eigenvalue weighted by Crippen LogP contribution is -2.64. The highest BCUT2D eigenvalue weighted by Gasteiger charge is 2.47. The minimum atomic E-state index is -4.72. The van der Waals surface area contributed by atoms with Crippen LogP contribution in [-0.4, -0.2) is 48.3 Å². The predicted molar refractivity (Wildman–Crippen MR) is 62.5 cm³/mol. The van der Waals surface area contributed by atoms with Crippen molar-refractivity contribution < 1.29 is 27.5 Å². The number of nitrogens with one attached hydrogen (secondary N) is 1. The number of halogens is 3. The molecular weight excluding hydrogens is 277 g/mol. The second-order valence-electron chi connectivity index (χ2n) is 5.08. The number of hydrogen-bond donors (Lipinski definition) is 1. The maximum Gasteiger partial charge on any atom is 0.522 e. The first-order chi connectivity index (χ1) is 9.33. The molecule has 114 valence electrons. The zero-order valence-electron chi connectivity index (χ0n) is 11.1. The van der Waals surface area contributed by atoms with Gasteiger partial charge in [-0.2, -0.15) is 0 Å². The summed E-state index contributed by atoms with van der Waals surface area (Å²) in [5.41, 5.74) is 0. The third-order valence-corrected chi connectivity index (χ3v) is 3.58. The van der Waals surface area contributed by atoms with E-state index in [9.17, 15) is 22.8 Å². The van der Waals surface area contributed by atoms with Gasteiger partial charge in [0.05, 0.1) is 6.61 Å². The van der Waals surface area contributed by atoms with E-state index < -0.39 is 25.1 Å². The van der Waals surface area contributed by atoms with Gasteiger partial charge in [-0.1, -0.05) is 6.92 Å². The van der Waals surface area contributed by atoms with Gasteiger partial charge in [0.1, 0.15) is 12.1 Å². The Hall–Kier alpha value is -1.31. The van der Waals surface area contributed by atoms with Crippen LogP contribution in [0.3, 0.4) is 0 Å². The van der Waals surface area contributed by atoms with Crippen molar-refractivity contribution in [3.63, 3.8) is 0 Å². The minimum Gasteiger partial charge on any atom is -0.343 e. The zero-order chi connectivity index (χ0) is 14.9. The standard InChI is InChI=1S/C12H17F3N2O3/c1-2-8-11(19)17(5-6-20-12(13,14)15)9(7-3-4-7)10(18)16-8/h7-9H,2-6H2,1H3,(H,16,18). The van der Waals surface area contributed by atoms with Crippen LogP contribution >= 0.6 is 0 Å². The third kappa shape index (κ3) is 3.41. The number of carbonyl (C=O) groups excluding carboxylic acids is 2. The van der Waals surface area contributed by atoms with Gasteiger partial charge in [0, 0.05) is 6.54 Å². The first-order valence-corrected chi connectivity index (χ1v) is 6.65. The van der Waals surface area contributed by atoms with Crippen LogP contribution in [0.25, 0.3) is 0 Å². The number of nitrogens with zero attached hydrogens (tertiary/aromatic N) is 1. The molecule has 0 aromatic heterocycles. The molecule has 0 bridgehead atoms. The molecule has 1 heterocycles. The molecule has 0 radical (unpaired) electrons. The van der Waals surface area contributed by atoms with Crippen molar-refractivity contribution in [3.8, 4) is 0 Å². The van der Waals surface area contributed by atoms with Crippen molar-refractivity contribution in [2.75, 3.05) is 13.2 Å². The fraction of sp³-hybridized carbons (Fsp3) is 0.833. The molecule has 0 spiro atoms. The highest BCUT2D eigenvalue weighted by molar-refractivity contribution is 5.97. The number of carbonyl (C=O) groups is 2. The minimum absolute atomic E-state index is 0.0580. The van der Waals surface area contributed by atoms with Crippen LogP contribution in [0.1, 0.15) is 26.2 Å². The lowest BCUT2D eigenvalue weighted by molar-refractivity contribution is -0.325. The highest BCUT2D eigenvalue weighted by Crippen LogP contribution is 2.37. The number of piperazine rings is 1. The smallest absolute Gasteiger partial charge is 0.343 e. The Bertz CT molecular complexity index is 396. The summed E-state index contributed by atoms with van der Waals surface area (Å²) in [6.45, 7) is 0.871. The molecule has 2 fully saturated rings. The summed E-state index contributed by atoms with van der Waals surface area (Å²) in [6, 6.07) is -1.30. The maximum absolute atomic E-state index is 12.2. The molecule has 2 amide bonds. The maximum atomic E-state index is 12.2. The van der Waals surface area contributed by atoms with Crippen LogP contribution in [0.15, 0.2) is 0 Å². The lowest BCUT2D eigenvalue weighted by atomic mass is 10.0. The number of rotatable bonds is 5. The molecule has 8 heteroatoms. The first kappa shape index (κ1) is 15.1. The van der Waals surface area contributed by atoms with E-state index in [1.807, 2.05) is 0 Å². The SMILES string of the molecule is CCC1NC(=O)C(C2CC2)N(CCOC(F)(F)F)C1=O. The van der Waals surface area contributed by atoms with Gasteiger partial charge in [-0.05, 0) is 25.2 Å². The van der Waals surface area contributed by atoms with Crippen molar-refractivity contribution in [2.45, 2.75) is 44.6 Å². The normalized spacial score (nSPS) is 27.7. The van der Waals surface area contributed by atoms with Gasteiger partial charge in [0.2, 0.25) is 11.8 Å². The number of amides is 2. The van der Waals surface area contributed by atoms with Crippen LogP contribution < -0.4 is 5.32 Å². The molecule has 20 heavy (non-hydrogen) atoms. The van der Waals surface area contributed by atoms with Gasteiger partial charge in [-0.3, -0.25) is 14.3 Å². The van der Waals surface area contributed by atoms with Gasteiger partial charge in [0.25, 0.3) is 0 Å². The fourth-order valence-corrected chi connectivity index (χ4v) is 2.46. The van der Waals surface area contributed by atoms with E-state index in [1.54, 1.807) is 6.92 Å². The quantitative estimate of drug-likeness (QED) is 0.824. The first-order valence-electron chi connectivity index (χ1n) is 6.65. The monoisotopic (exact) mass is 294 g/mol. The summed E-state index contributed by atoms with van der Waals surface area (Å²) >= 11 is 0. The second-order valence-corrected chi connectivity index (χ2v) is 5.08. The van der Waals surface area contributed by atoms with E-state index in [2.05, 4.69) is 10.1 Å². The van der Waals surface area contributed by atoms with Crippen LogP contribution in [0.2, 0.25) is 0 Å². The van der Waals surface area contributed by atoms with Crippen molar-refractivity contribution in [1.82, 2.24) is 10.2 Å². The van der Waals surface area contributed by atoms with Crippen molar-refractivity contribution >= 4 is 11.8 Å². The van der Waals surface area contributed by atoms with Gasteiger partial charge >= 0.3 is 6.36 Å². The topological polar surface area (TPSA) is 58.6 Å². The Morgan fingerprint density at radius 3 is 2.50 bits per heavy atom. The Kier molecular flexibility index (Phi) is 4.22. The number of hydrogen-bond acceptors (Lipinski definition) is 3. The molecule has 0 aromatic carbocycles. The molecule has 2 atom stereocenters. The molecule has 1 aliphatic carbocycles.